The Kier molecular flexibility index (Phi) is 5.59. The number of rotatable bonds is 6. The highest BCUT2D eigenvalue weighted by molar-refractivity contribution is 5.76. The van der Waals surface area contributed by atoms with Crippen molar-refractivity contribution in [3.63, 3.8) is 0 Å². The molecule has 7 heteroatoms. The Morgan fingerprint density at radius 1 is 1.50 bits per heavy atom. The van der Waals surface area contributed by atoms with Gasteiger partial charge in [-0.15, -0.1) is 0 Å². The van der Waals surface area contributed by atoms with Crippen molar-refractivity contribution in [2.45, 2.75) is 12.6 Å². The number of hydrogen-bond acceptors (Lipinski definition) is 4. The van der Waals surface area contributed by atoms with Crippen molar-refractivity contribution >= 4 is 12.0 Å². The van der Waals surface area contributed by atoms with E-state index in [0.717, 1.165) is 5.56 Å². The minimum atomic E-state index is -1.12. The molecule has 0 saturated heterocycles. The molecule has 1 heterocycles. The number of nitrogens with zero attached hydrogens (tertiary/aromatic N) is 1. The van der Waals surface area contributed by atoms with Gasteiger partial charge in [-0.25, -0.2) is 9.59 Å². The average Bonchev–Trinajstić information content (AvgIpc) is 2.38. The quantitative estimate of drug-likeness (QED) is 0.661. The van der Waals surface area contributed by atoms with Gasteiger partial charge in [-0.1, -0.05) is 6.07 Å². The van der Waals surface area contributed by atoms with E-state index in [4.69, 9.17) is 5.11 Å². The van der Waals surface area contributed by atoms with Gasteiger partial charge in [0, 0.05) is 26.0 Å². The molecule has 1 rings (SSSR count). The maximum atomic E-state index is 11.4. The largest absolute Gasteiger partial charge is 0.479 e. The van der Waals surface area contributed by atoms with Gasteiger partial charge in [0.2, 0.25) is 0 Å². The topological polar surface area (TPSA) is 101 Å². The van der Waals surface area contributed by atoms with E-state index in [2.05, 4.69) is 20.4 Å². The van der Waals surface area contributed by atoms with Gasteiger partial charge in [0.1, 0.15) is 0 Å². The van der Waals surface area contributed by atoms with Crippen LogP contribution in [0.3, 0.4) is 0 Å². The number of nitrogens with one attached hydrogen (secondary N) is 2. The molecule has 0 saturated carbocycles. The van der Waals surface area contributed by atoms with Crippen LogP contribution in [-0.4, -0.2) is 41.8 Å². The number of aromatic nitrogens is 1. The number of ether oxygens (including phenoxy) is 1. The lowest BCUT2D eigenvalue weighted by molar-refractivity contribution is -0.147. The molecule has 1 unspecified atom stereocenters. The Bertz CT molecular complexity index is 397. The second-order valence-corrected chi connectivity index (χ2v) is 3.49. The molecule has 1 aromatic rings. The van der Waals surface area contributed by atoms with Gasteiger partial charge in [-0.3, -0.25) is 4.98 Å². The van der Waals surface area contributed by atoms with Gasteiger partial charge in [0.25, 0.3) is 0 Å². The van der Waals surface area contributed by atoms with Gasteiger partial charge in [-0.2, -0.15) is 0 Å². The van der Waals surface area contributed by atoms with Gasteiger partial charge in [0.05, 0.1) is 6.54 Å². The Morgan fingerprint density at radius 2 is 2.28 bits per heavy atom. The van der Waals surface area contributed by atoms with Crippen molar-refractivity contribution in [3.8, 4) is 0 Å². The van der Waals surface area contributed by atoms with Crippen LogP contribution in [0.25, 0.3) is 0 Å². The summed E-state index contributed by atoms with van der Waals surface area (Å²) in [6.07, 6.45) is 2.23. The number of aliphatic carboxylic acids is 1. The van der Waals surface area contributed by atoms with Crippen LogP contribution in [0.2, 0.25) is 0 Å². The van der Waals surface area contributed by atoms with Gasteiger partial charge < -0.3 is 20.5 Å². The van der Waals surface area contributed by atoms with Crippen LogP contribution in [0.15, 0.2) is 24.5 Å². The summed E-state index contributed by atoms with van der Waals surface area (Å²) in [5.41, 5.74) is 0.856. The fraction of sp³-hybridized carbons (Fsp3) is 0.364. The molecule has 98 valence electrons. The summed E-state index contributed by atoms with van der Waals surface area (Å²) in [6.45, 7) is 0.231. The highest BCUT2D eigenvalue weighted by atomic mass is 16.5. The predicted molar refractivity (Wildman–Crippen MR) is 62.9 cm³/mol. The predicted octanol–water partition coefficient (Wildman–Crippen LogP) is -0.0196. The summed E-state index contributed by atoms with van der Waals surface area (Å²) < 4.78 is 4.67. The third kappa shape index (κ3) is 4.79. The minimum absolute atomic E-state index is 0.0926. The zero-order valence-electron chi connectivity index (χ0n) is 9.92. The standard InChI is InChI=1S/C11H15N3O4/c1-18-9(10(15)16)7-14-11(17)13-6-8-3-2-4-12-5-8/h2-5,9H,6-7H2,1H3,(H,15,16)(H2,13,14,17). The van der Waals surface area contributed by atoms with E-state index in [1.165, 1.54) is 7.11 Å². The molecular formula is C11H15N3O4. The number of hydrogen-bond donors (Lipinski definition) is 3. The van der Waals surface area contributed by atoms with Crippen LogP contribution in [0.4, 0.5) is 4.79 Å². The molecule has 7 nitrogen and oxygen atoms in total. The maximum absolute atomic E-state index is 11.4. The van der Waals surface area contributed by atoms with Crippen LogP contribution in [-0.2, 0) is 16.1 Å². The molecule has 0 aromatic carbocycles. The van der Waals surface area contributed by atoms with Crippen LogP contribution < -0.4 is 10.6 Å². The molecule has 18 heavy (non-hydrogen) atoms. The van der Waals surface area contributed by atoms with Crippen LogP contribution in [0, 0.1) is 0 Å². The first-order valence-corrected chi connectivity index (χ1v) is 5.29. The first-order valence-electron chi connectivity index (χ1n) is 5.29. The second kappa shape index (κ2) is 7.23. The second-order valence-electron chi connectivity index (χ2n) is 3.49. The van der Waals surface area contributed by atoms with Crippen molar-refractivity contribution in [2.24, 2.45) is 0 Å². The van der Waals surface area contributed by atoms with Crippen molar-refractivity contribution in [3.05, 3.63) is 30.1 Å². The maximum Gasteiger partial charge on any atom is 0.334 e. The molecule has 0 aliphatic rings. The first-order chi connectivity index (χ1) is 8.63. The summed E-state index contributed by atoms with van der Waals surface area (Å²) in [7, 11) is 1.27. The zero-order valence-corrected chi connectivity index (χ0v) is 9.92. The molecular weight excluding hydrogens is 238 g/mol. The number of urea groups is 1. The van der Waals surface area contributed by atoms with Crippen molar-refractivity contribution in [2.75, 3.05) is 13.7 Å². The summed E-state index contributed by atoms with van der Waals surface area (Å²) in [5, 5.41) is 13.7. The van der Waals surface area contributed by atoms with Crippen LogP contribution in [0.1, 0.15) is 5.56 Å². The fourth-order valence-electron chi connectivity index (χ4n) is 1.20. The lowest BCUT2D eigenvalue weighted by Gasteiger charge is -2.12. The number of pyridine rings is 1. The van der Waals surface area contributed by atoms with E-state index in [-0.39, 0.29) is 6.54 Å². The van der Waals surface area contributed by atoms with E-state index in [1.54, 1.807) is 18.5 Å². The Morgan fingerprint density at radius 3 is 2.83 bits per heavy atom. The van der Waals surface area contributed by atoms with Gasteiger partial charge in [-0.05, 0) is 11.6 Å². The zero-order chi connectivity index (χ0) is 13.4. The van der Waals surface area contributed by atoms with Gasteiger partial charge in [0.15, 0.2) is 6.10 Å². The van der Waals surface area contributed by atoms with E-state index >= 15 is 0 Å². The first kappa shape index (κ1) is 13.9. The van der Waals surface area contributed by atoms with Crippen molar-refractivity contribution < 1.29 is 19.4 Å². The minimum Gasteiger partial charge on any atom is -0.479 e. The Hall–Kier alpha value is -2.15. The summed E-state index contributed by atoms with van der Waals surface area (Å²) in [4.78, 5) is 25.9. The summed E-state index contributed by atoms with van der Waals surface area (Å²) >= 11 is 0. The van der Waals surface area contributed by atoms with E-state index in [0.29, 0.717) is 6.54 Å². The lowest BCUT2D eigenvalue weighted by atomic mass is 10.3. The number of carboxylic acid groups (broad SMARTS) is 1. The third-order valence-electron chi connectivity index (χ3n) is 2.18. The number of methoxy groups -OCH3 is 1. The van der Waals surface area contributed by atoms with Crippen molar-refractivity contribution in [1.29, 1.82) is 0 Å². The molecule has 3 N–H and O–H groups in total. The Balaban J connectivity index is 2.28. The fourth-order valence-corrected chi connectivity index (χ4v) is 1.20. The molecule has 0 bridgehead atoms. The number of amides is 2. The highest BCUT2D eigenvalue weighted by Crippen LogP contribution is 1.94. The SMILES string of the molecule is COC(CNC(=O)NCc1cccnc1)C(=O)O. The molecule has 1 atom stereocenters. The molecule has 2 amide bonds. The van der Waals surface area contributed by atoms with E-state index < -0.39 is 18.1 Å². The number of carboxylic acids is 1. The Labute approximate surface area is 104 Å². The molecule has 1 aromatic heterocycles. The number of carbonyl (C=O) groups is 2. The van der Waals surface area contributed by atoms with E-state index in [9.17, 15) is 9.59 Å². The molecule has 0 aliphatic heterocycles. The highest BCUT2D eigenvalue weighted by Gasteiger charge is 2.16. The van der Waals surface area contributed by atoms with Crippen LogP contribution in [0.5, 0.6) is 0 Å². The average molecular weight is 253 g/mol. The molecule has 0 fully saturated rings. The number of carbonyl (C=O) groups excluding carboxylic acids is 1. The third-order valence-corrected chi connectivity index (χ3v) is 2.18. The molecule has 0 aliphatic carbocycles. The van der Waals surface area contributed by atoms with Crippen molar-refractivity contribution in [1.82, 2.24) is 15.6 Å². The monoisotopic (exact) mass is 253 g/mol. The summed E-state index contributed by atoms with van der Waals surface area (Å²) in [5.74, 6) is -1.12. The normalized spacial score (nSPS) is 11.6. The van der Waals surface area contributed by atoms with Gasteiger partial charge >= 0.3 is 12.0 Å². The lowest BCUT2D eigenvalue weighted by Crippen LogP contribution is -2.42. The van der Waals surface area contributed by atoms with Crippen LogP contribution >= 0.6 is 0 Å². The van der Waals surface area contributed by atoms with E-state index in [1.807, 2.05) is 6.07 Å². The molecule has 0 spiro atoms. The molecule has 0 radical (unpaired) electrons. The summed E-state index contributed by atoms with van der Waals surface area (Å²) in [6, 6.07) is 3.13. The smallest absolute Gasteiger partial charge is 0.334 e.